The molecular weight excluding hydrogens is 300 g/mol. The van der Waals surface area contributed by atoms with Gasteiger partial charge in [0.2, 0.25) is 0 Å². The quantitative estimate of drug-likeness (QED) is 0.733. The molecular formula is C18H19F2NO2. The van der Waals surface area contributed by atoms with Crippen molar-refractivity contribution in [3.05, 3.63) is 77.9 Å². The molecule has 1 unspecified atom stereocenters. The van der Waals surface area contributed by atoms with E-state index in [1.807, 2.05) is 24.3 Å². The van der Waals surface area contributed by atoms with Gasteiger partial charge in [0.25, 0.3) is 0 Å². The number of aliphatic hydroxyl groups is 1. The van der Waals surface area contributed by atoms with Crippen LogP contribution >= 0.6 is 0 Å². The second kappa shape index (κ2) is 8.41. The van der Waals surface area contributed by atoms with Crippen LogP contribution in [0.15, 0.2) is 55.1 Å². The number of rotatable bonds is 8. The van der Waals surface area contributed by atoms with Gasteiger partial charge in [0, 0.05) is 18.7 Å². The standard InChI is InChI=1S/C18H19F2NO2/c1-2-10-23-17-9-4-3-6-13(17)11-21-12-16(22)18-14(19)7-5-8-15(18)20/h2-9,16,21-22H,1,10-12H2. The topological polar surface area (TPSA) is 41.5 Å². The maximum absolute atomic E-state index is 13.6. The fraction of sp³-hybridized carbons (Fsp3) is 0.222. The first-order valence-corrected chi connectivity index (χ1v) is 7.27. The van der Waals surface area contributed by atoms with E-state index in [1.165, 1.54) is 6.07 Å². The summed E-state index contributed by atoms with van der Waals surface area (Å²) in [5.74, 6) is -0.811. The van der Waals surface area contributed by atoms with Crippen molar-refractivity contribution < 1.29 is 18.6 Å². The lowest BCUT2D eigenvalue weighted by Gasteiger charge is -2.15. The highest BCUT2D eigenvalue weighted by molar-refractivity contribution is 5.33. The third kappa shape index (κ3) is 4.61. The number of nitrogens with one attached hydrogen (secondary N) is 1. The number of ether oxygens (including phenoxy) is 1. The maximum Gasteiger partial charge on any atom is 0.131 e. The first-order chi connectivity index (χ1) is 11.1. The predicted molar refractivity (Wildman–Crippen MR) is 85.2 cm³/mol. The molecule has 1 atom stereocenters. The predicted octanol–water partition coefficient (Wildman–Crippen LogP) is 3.35. The minimum Gasteiger partial charge on any atom is -0.489 e. The van der Waals surface area contributed by atoms with E-state index in [0.29, 0.717) is 18.9 Å². The summed E-state index contributed by atoms with van der Waals surface area (Å²) in [7, 11) is 0. The van der Waals surface area contributed by atoms with E-state index >= 15 is 0 Å². The molecule has 0 aromatic heterocycles. The van der Waals surface area contributed by atoms with Gasteiger partial charge in [0.15, 0.2) is 0 Å². The summed E-state index contributed by atoms with van der Waals surface area (Å²) in [6, 6.07) is 10.9. The Morgan fingerprint density at radius 2 is 1.83 bits per heavy atom. The van der Waals surface area contributed by atoms with Gasteiger partial charge in [-0.2, -0.15) is 0 Å². The number of halogens is 2. The van der Waals surface area contributed by atoms with Crippen LogP contribution in [-0.4, -0.2) is 18.3 Å². The molecule has 0 saturated carbocycles. The molecule has 0 aliphatic carbocycles. The molecule has 2 aromatic carbocycles. The van der Waals surface area contributed by atoms with E-state index in [1.54, 1.807) is 6.08 Å². The van der Waals surface area contributed by atoms with Crippen molar-refractivity contribution in [3.8, 4) is 5.75 Å². The van der Waals surface area contributed by atoms with Crippen LogP contribution in [0.5, 0.6) is 5.75 Å². The molecule has 122 valence electrons. The summed E-state index contributed by atoms with van der Waals surface area (Å²) in [6.07, 6.45) is 0.381. The van der Waals surface area contributed by atoms with Gasteiger partial charge in [0.1, 0.15) is 24.0 Å². The van der Waals surface area contributed by atoms with Crippen LogP contribution in [-0.2, 0) is 6.54 Å². The molecule has 3 nitrogen and oxygen atoms in total. The molecule has 0 heterocycles. The number of hydrogen-bond acceptors (Lipinski definition) is 3. The van der Waals surface area contributed by atoms with Gasteiger partial charge >= 0.3 is 0 Å². The molecule has 5 heteroatoms. The minimum atomic E-state index is -1.27. The number of hydrogen-bond donors (Lipinski definition) is 2. The van der Waals surface area contributed by atoms with Crippen molar-refractivity contribution >= 4 is 0 Å². The highest BCUT2D eigenvalue weighted by Crippen LogP contribution is 2.21. The Morgan fingerprint density at radius 3 is 2.52 bits per heavy atom. The van der Waals surface area contributed by atoms with Crippen LogP contribution in [0, 0.1) is 11.6 Å². The molecule has 0 radical (unpaired) electrons. The smallest absolute Gasteiger partial charge is 0.131 e. The zero-order valence-electron chi connectivity index (χ0n) is 12.6. The van der Waals surface area contributed by atoms with Crippen molar-refractivity contribution in [2.24, 2.45) is 0 Å². The molecule has 0 spiro atoms. The van der Waals surface area contributed by atoms with Crippen molar-refractivity contribution in [1.29, 1.82) is 0 Å². The Kier molecular flexibility index (Phi) is 6.26. The fourth-order valence-electron chi connectivity index (χ4n) is 2.21. The molecule has 2 aromatic rings. The molecule has 0 bridgehead atoms. The van der Waals surface area contributed by atoms with E-state index in [-0.39, 0.29) is 12.1 Å². The minimum absolute atomic E-state index is 0.0215. The molecule has 0 aliphatic rings. The first kappa shape index (κ1) is 17.1. The Labute approximate surface area is 134 Å². The Balaban J connectivity index is 1.96. The summed E-state index contributed by atoms with van der Waals surface area (Å²) >= 11 is 0. The molecule has 23 heavy (non-hydrogen) atoms. The Bertz CT molecular complexity index is 641. The lowest BCUT2D eigenvalue weighted by Crippen LogP contribution is -2.22. The zero-order chi connectivity index (χ0) is 16.7. The number of aliphatic hydroxyl groups excluding tert-OH is 1. The van der Waals surface area contributed by atoms with Crippen LogP contribution in [0.1, 0.15) is 17.2 Å². The molecule has 0 saturated heterocycles. The van der Waals surface area contributed by atoms with Crippen LogP contribution in [0.25, 0.3) is 0 Å². The summed E-state index contributed by atoms with van der Waals surface area (Å²) < 4.78 is 32.7. The summed E-state index contributed by atoms with van der Waals surface area (Å²) in [5.41, 5.74) is 0.562. The van der Waals surface area contributed by atoms with E-state index in [0.717, 1.165) is 17.7 Å². The van der Waals surface area contributed by atoms with Crippen molar-refractivity contribution in [2.75, 3.05) is 13.2 Å². The summed E-state index contributed by atoms with van der Waals surface area (Å²) in [4.78, 5) is 0. The second-order valence-corrected chi connectivity index (χ2v) is 4.99. The van der Waals surface area contributed by atoms with Crippen LogP contribution < -0.4 is 10.1 Å². The summed E-state index contributed by atoms with van der Waals surface area (Å²) in [6.45, 7) is 4.41. The average Bonchev–Trinajstić information content (AvgIpc) is 2.54. The molecule has 2 N–H and O–H groups in total. The van der Waals surface area contributed by atoms with Gasteiger partial charge in [-0.05, 0) is 18.2 Å². The van der Waals surface area contributed by atoms with Gasteiger partial charge in [-0.3, -0.25) is 0 Å². The largest absolute Gasteiger partial charge is 0.489 e. The first-order valence-electron chi connectivity index (χ1n) is 7.27. The third-order valence-corrected chi connectivity index (χ3v) is 3.32. The van der Waals surface area contributed by atoms with Gasteiger partial charge in [-0.15, -0.1) is 0 Å². The summed E-state index contributed by atoms with van der Waals surface area (Å²) in [5, 5.41) is 13.0. The Hall–Kier alpha value is -2.24. The van der Waals surface area contributed by atoms with Crippen LogP contribution in [0.3, 0.4) is 0 Å². The van der Waals surface area contributed by atoms with Gasteiger partial charge in [0.05, 0.1) is 11.7 Å². The number of benzene rings is 2. The molecule has 0 fully saturated rings. The lowest BCUT2D eigenvalue weighted by molar-refractivity contribution is 0.164. The molecule has 2 rings (SSSR count). The van der Waals surface area contributed by atoms with Crippen LogP contribution in [0.2, 0.25) is 0 Å². The monoisotopic (exact) mass is 319 g/mol. The molecule has 0 aliphatic heterocycles. The van der Waals surface area contributed by atoms with Gasteiger partial charge in [-0.25, -0.2) is 8.78 Å². The van der Waals surface area contributed by atoms with E-state index in [2.05, 4.69) is 11.9 Å². The van der Waals surface area contributed by atoms with Crippen molar-refractivity contribution in [2.45, 2.75) is 12.6 Å². The third-order valence-electron chi connectivity index (χ3n) is 3.32. The highest BCUT2D eigenvalue weighted by Gasteiger charge is 2.17. The number of para-hydroxylation sites is 1. The van der Waals surface area contributed by atoms with Crippen molar-refractivity contribution in [1.82, 2.24) is 5.32 Å². The Morgan fingerprint density at radius 1 is 1.13 bits per heavy atom. The zero-order valence-corrected chi connectivity index (χ0v) is 12.6. The fourth-order valence-corrected chi connectivity index (χ4v) is 2.21. The van der Waals surface area contributed by atoms with E-state index in [4.69, 9.17) is 4.74 Å². The van der Waals surface area contributed by atoms with Gasteiger partial charge < -0.3 is 15.2 Å². The van der Waals surface area contributed by atoms with E-state index in [9.17, 15) is 13.9 Å². The van der Waals surface area contributed by atoms with Crippen molar-refractivity contribution in [3.63, 3.8) is 0 Å². The normalized spacial score (nSPS) is 12.0. The maximum atomic E-state index is 13.6. The van der Waals surface area contributed by atoms with Crippen LogP contribution in [0.4, 0.5) is 8.78 Å². The second-order valence-electron chi connectivity index (χ2n) is 4.99. The lowest BCUT2D eigenvalue weighted by atomic mass is 10.1. The average molecular weight is 319 g/mol. The molecule has 0 amide bonds. The highest BCUT2D eigenvalue weighted by atomic mass is 19.1. The van der Waals surface area contributed by atoms with Gasteiger partial charge in [-0.1, -0.05) is 36.9 Å². The SMILES string of the molecule is C=CCOc1ccccc1CNCC(O)c1c(F)cccc1F. The van der Waals surface area contributed by atoms with E-state index < -0.39 is 17.7 Å².